The minimum absolute atomic E-state index is 0.00730. The van der Waals surface area contributed by atoms with Gasteiger partial charge in [0.2, 0.25) is 0 Å². The van der Waals surface area contributed by atoms with Crippen LogP contribution in [0.15, 0.2) is 73.1 Å². The van der Waals surface area contributed by atoms with Gasteiger partial charge < -0.3 is 20.1 Å². The van der Waals surface area contributed by atoms with Crippen molar-refractivity contribution in [3.05, 3.63) is 95.4 Å². The molecule has 0 aliphatic heterocycles. The Kier molecular flexibility index (Phi) is 7.27. The summed E-state index contributed by atoms with van der Waals surface area (Å²) in [4.78, 5) is 24.2. The Balaban J connectivity index is 1.36. The number of hydrogen-bond acceptors (Lipinski definition) is 5. The van der Waals surface area contributed by atoms with Crippen LogP contribution in [-0.2, 0) is 18.4 Å². The highest BCUT2D eigenvalue weighted by Gasteiger charge is 2.15. The number of aromatic nitrogens is 3. The molecular formula is C28H30N4O3. The molecule has 4 aromatic rings. The fourth-order valence-corrected chi connectivity index (χ4v) is 3.62. The number of benzene rings is 2. The number of imidazole rings is 1. The van der Waals surface area contributed by atoms with Gasteiger partial charge in [-0.05, 0) is 53.3 Å². The summed E-state index contributed by atoms with van der Waals surface area (Å²) >= 11 is 0. The number of nitrogens with one attached hydrogen (secondary N) is 2. The topological polar surface area (TPSA) is 100 Å². The molecular weight excluding hydrogens is 440 g/mol. The van der Waals surface area contributed by atoms with Crippen molar-refractivity contribution in [2.45, 2.75) is 39.2 Å². The largest absolute Gasteiger partial charge is 0.457 e. The van der Waals surface area contributed by atoms with E-state index in [0.29, 0.717) is 47.2 Å². The van der Waals surface area contributed by atoms with Crippen molar-refractivity contribution in [1.29, 1.82) is 0 Å². The number of amides is 1. The van der Waals surface area contributed by atoms with Gasteiger partial charge in [-0.2, -0.15) is 0 Å². The van der Waals surface area contributed by atoms with Gasteiger partial charge in [0.15, 0.2) is 5.82 Å². The molecule has 3 N–H and O–H groups in total. The second-order valence-corrected chi connectivity index (χ2v) is 9.38. The molecule has 2 aromatic carbocycles. The van der Waals surface area contributed by atoms with Crippen molar-refractivity contribution >= 4 is 5.91 Å². The third-order valence-electron chi connectivity index (χ3n) is 5.60. The molecule has 0 aliphatic carbocycles. The zero-order valence-electron chi connectivity index (χ0n) is 20.2. The fourth-order valence-electron chi connectivity index (χ4n) is 3.62. The molecule has 0 atom stereocenters. The molecule has 0 saturated carbocycles. The number of H-pyrrole nitrogens is 1. The van der Waals surface area contributed by atoms with E-state index in [1.165, 1.54) is 0 Å². The quantitative estimate of drug-likeness (QED) is 0.336. The van der Waals surface area contributed by atoms with E-state index < -0.39 is 0 Å². The molecule has 0 unspecified atom stereocenters. The number of carbonyl (C=O) groups is 1. The van der Waals surface area contributed by atoms with Crippen LogP contribution in [0, 0.1) is 0 Å². The average Bonchev–Trinajstić information content (AvgIpc) is 3.34. The summed E-state index contributed by atoms with van der Waals surface area (Å²) in [6.45, 7) is 6.81. The van der Waals surface area contributed by atoms with Crippen LogP contribution in [-0.4, -0.2) is 32.5 Å². The van der Waals surface area contributed by atoms with Crippen LogP contribution in [0.2, 0.25) is 0 Å². The van der Waals surface area contributed by atoms with Crippen molar-refractivity contribution in [1.82, 2.24) is 20.3 Å². The van der Waals surface area contributed by atoms with Crippen LogP contribution in [0.1, 0.15) is 48.0 Å². The van der Waals surface area contributed by atoms with Crippen LogP contribution in [0.3, 0.4) is 0 Å². The van der Waals surface area contributed by atoms with Crippen molar-refractivity contribution in [3.63, 3.8) is 0 Å². The van der Waals surface area contributed by atoms with Crippen LogP contribution in [0.5, 0.6) is 11.5 Å². The number of aromatic amines is 1. The van der Waals surface area contributed by atoms with Crippen LogP contribution in [0.4, 0.5) is 0 Å². The maximum Gasteiger partial charge on any atom is 0.251 e. The van der Waals surface area contributed by atoms with Gasteiger partial charge in [0, 0.05) is 24.4 Å². The van der Waals surface area contributed by atoms with E-state index in [9.17, 15) is 9.90 Å². The molecule has 0 aliphatic rings. The highest BCUT2D eigenvalue weighted by molar-refractivity contribution is 5.94. The molecule has 2 heterocycles. The van der Waals surface area contributed by atoms with Gasteiger partial charge in [0.05, 0.1) is 18.5 Å². The van der Waals surface area contributed by atoms with E-state index in [-0.39, 0.29) is 17.9 Å². The Morgan fingerprint density at radius 3 is 2.60 bits per heavy atom. The molecule has 0 spiro atoms. The predicted octanol–water partition coefficient (Wildman–Crippen LogP) is 5.03. The summed E-state index contributed by atoms with van der Waals surface area (Å²) in [6.07, 6.45) is 3.91. The van der Waals surface area contributed by atoms with E-state index in [1.54, 1.807) is 24.5 Å². The van der Waals surface area contributed by atoms with Gasteiger partial charge >= 0.3 is 0 Å². The highest BCUT2D eigenvalue weighted by Crippen LogP contribution is 2.26. The monoisotopic (exact) mass is 470 g/mol. The second-order valence-electron chi connectivity index (χ2n) is 9.38. The van der Waals surface area contributed by atoms with E-state index in [4.69, 9.17) is 4.74 Å². The van der Waals surface area contributed by atoms with Crippen LogP contribution >= 0.6 is 0 Å². The van der Waals surface area contributed by atoms with Crippen molar-refractivity contribution < 1.29 is 14.6 Å². The molecule has 180 valence electrons. The van der Waals surface area contributed by atoms with Crippen LogP contribution < -0.4 is 10.1 Å². The third kappa shape index (κ3) is 6.33. The first kappa shape index (κ1) is 24.2. The van der Waals surface area contributed by atoms with E-state index >= 15 is 0 Å². The van der Waals surface area contributed by atoms with Gasteiger partial charge in [-0.3, -0.25) is 9.78 Å². The Morgan fingerprint density at radius 1 is 1.03 bits per heavy atom. The van der Waals surface area contributed by atoms with Crippen LogP contribution in [0.25, 0.3) is 11.5 Å². The predicted molar refractivity (Wildman–Crippen MR) is 135 cm³/mol. The maximum atomic E-state index is 12.6. The SMILES string of the molecule is CC(C)(C)c1cccc(C(=O)NCCc2cccc(Oc3ccnc(-c4ncc(CO)[nH]4)c3)c2)c1. The minimum atomic E-state index is -0.111. The number of nitrogens with zero attached hydrogens (tertiary/aromatic N) is 2. The van der Waals surface area contributed by atoms with Crippen molar-refractivity contribution in [2.24, 2.45) is 0 Å². The summed E-state index contributed by atoms with van der Waals surface area (Å²) < 4.78 is 6.04. The van der Waals surface area contributed by atoms with E-state index in [2.05, 4.69) is 47.1 Å². The van der Waals surface area contributed by atoms with Crippen molar-refractivity contribution in [3.8, 4) is 23.0 Å². The lowest BCUT2D eigenvalue weighted by Crippen LogP contribution is -2.26. The molecule has 2 aromatic heterocycles. The highest BCUT2D eigenvalue weighted by atomic mass is 16.5. The lowest BCUT2D eigenvalue weighted by atomic mass is 9.86. The number of pyridine rings is 1. The van der Waals surface area contributed by atoms with Gasteiger partial charge in [0.1, 0.15) is 17.2 Å². The first-order valence-corrected chi connectivity index (χ1v) is 11.6. The molecule has 7 nitrogen and oxygen atoms in total. The molecule has 0 fully saturated rings. The Labute approximate surface area is 205 Å². The van der Waals surface area contributed by atoms with Crippen molar-refractivity contribution in [2.75, 3.05) is 6.54 Å². The average molecular weight is 471 g/mol. The number of aliphatic hydroxyl groups excluding tert-OH is 1. The van der Waals surface area contributed by atoms with E-state index in [0.717, 1.165) is 11.1 Å². The molecule has 1 amide bonds. The lowest BCUT2D eigenvalue weighted by molar-refractivity contribution is 0.0954. The Bertz CT molecular complexity index is 1310. The van der Waals surface area contributed by atoms with Gasteiger partial charge in [-0.1, -0.05) is 45.0 Å². The molecule has 0 bridgehead atoms. The summed E-state index contributed by atoms with van der Waals surface area (Å²) in [6, 6.07) is 19.1. The summed E-state index contributed by atoms with van der Waals surface area (Å²) in [5.74, 6) is 1.81. The molecule has 4 rings (SSSR count). The Hall–Kier alpha value is -3.97. The fraction of sp³-hybridized carbons (Fsp3) is 0.250. The summed E-state index contributed by atoms with van der Waals surface area (Å²) in [7, 11) is 0. The van der Waals surface area contributed by atoms with Gasteiger partial charge in [-0.25, -0.2) is 4.98 Å². The van der Waals surface area contributed by atoms with Gasteiger partial charge in [0.25, 0.3) is 5.91 Å². The lowest BCUT2D eigenvalue weighted by Gasteiger charge is -2.19. The molecule has 0 radical (unpaired) electrons. The summed E-state index contributed by atoms with van der Waals surface area (Å²) in [5, 5.41) is 12.2. The normalized spacial score (nSPS) is 11.3. The second kappa shape index (κ2) is 10.5. The number of hydrogen-bond donors (Lipinski definition) is 3. The minimum Gasteiger partial charge on any atom is -0.457 e. The first-order chi connectivity index (χ1) is 16.8. The summed E-state index contributed by atoms with van der Waals surface area (Å²) in [5.41, 5.74) is 4.10. The number of aliphatic hydroxyl groups is 1. The standard InChI is InChI=1S/C28H30N4O3/c1-28(2,3)21-8-5-7-20(15-21)27(34)30-12-10-19-6-4-9-23(14-19)35-24-11-13-29-25(16-24)26-31-17-22(18-33)32-26/h4-9,11,13-17,33H,10,12,18H2,1-3H3,(H,30,34)(H,31,32). The smallest absolute Gasteiger partial charge is 0.251 e. The zero-order chi connectivity index (χ0) is 24.8. The zero-order valence-corrected chi connectivity index (χ0v) is 20.2. The van der Waals surface area contributed by atoms with E-state index in [1.807, 2.05) is 42.5 Å². The Morgan fingerprint density at radius 2 is 1.83 bits per heavy atom. The number of rotatable bonds is 8. The molecule has 35 heavy (non-hydrogen) atoms. The van der Waals surface area contributed by atoms with Gasteiger partial charge in [-0.15, -0.1) is 0 Å². The number of carbonyl (C=O) groups excluding carboxylic acids is 1. The third-order valence-corrected chi connectivity index (χ3v) is 5.60. The molecule has 0 saturated heterocycles. The molecule has 7 heteroatoms. The maximum absolute atomic E-state index is 12.6. The number of ether oxygens (including phenoxy) is 1. The first-order valence-electron chi connectivity index (χ1n) is 11.6.